The molecule has 0 bridgehead atoms. The van der Waals surface area contributed by atoms with Crippen LogP contribution in [0.3, 0.4) is 0 Å². The van der Waals surface area contributed by atoms with E-state index in [4.69, 9.17) is 0 Å². The lowest BCUT2D eigenvalue weighted by molar-refractivity contribution is -0.129. The van der Waals surface area contributed by atoms with Crippen LogP contribution in [0.15, 0.2) is 35.2 Å². The Labute approximate surface area is 94.1 Å². The van der Waals surface area contributed by atoms with Crippen molar-refractivity contribution >= 4 is 15.9 Å². The Bertz CT molecular complexity index is 484. The monoisotopic (exact) mass is 240 g/mol. The zero-order valence-corrected chi connectivity index (χ0v) is 9.40. The third-order valence-electron chi connectivity index (χ3n) is 2.36. The van der Waals surface area contributed by atoms with Crippen LogP contribution in [0.2, 0.25) is 0 Å². The number of hydrogen-bond donors (Lipinski definition) is 1. The fourth-order valence-corrected chi connectivity index (χ4v) is 2.65. The number of carbonyl (C=O) groups excluding carboxylic acids is 1. The molecule has 0 atom stereocenters. The van der Waals surface area contributed by atoms with Gasteiger partial charge in [-0.1, -0.05) is 18.2 Å². The van der Waals surface area contributed by atoms with Gasteiger partial charge < -0.3 is 0 Å². The molecule has 86 valence electrons. The van der Waals surface area contributed by atoms with Crippen molar-refractivity contribution in [2.75, 3.05) is 6.54 Å². The molecule has 0 spiro atoms. The third-order valence-corrected chi connectivity index (χ3v) is 3.71. The second-order valence-electron chi connectivity index (χ2n) is 3.56. The van der Waals surface area contributed by atoms with Gasteiger partial charge in [0.25, 0.3) is 10.0 Å². The lowest BCUT2D eigenvalue weighted by Crippen LogP contribution is -2.42. The van der Waals surface area contributed by atoms with Crippen LogP contribution in [0.4, 0.5) is 0 Å². The van der Waals surface area contributed by atoms with Gasteiger partial charge in [-0.05, 0) is 18.6 Å². The molecular formula is C10H12N2O3S. The number of hydrogen-bond acceptors (Lipinski definition) is 3. The normalized spacial score (nSPS) is 16.8. The predicted octanol–water partition coefficient (Wildman–Crippen LogP) is 0.502. The summed E-state index contributed by atoms with van der Waals surface area (Å²) in [5, 5.41) is 1.16. The number of amides is 1. The Morgan fingerprint density at radius 2 is 1.88 bits per heavy atom. The van der Waals surface area contributed by atoms with E-state index in [0.717, 1.165) is 5.01 Å². The highest BCUT2D eigenvalue weighted by atomic mass is 32.2. The average Bonchev–Trinajstić information content (AvgIpc) is 2.65. The summed E-state index contributed by atoms with van der Waals surface area (Å²) in [4.78, 5) is 13.7. The lowest BCUT2D eigenvalue weighted by Gasteiger charge is -2.16. The molecule has 0 unspecified atom stereocenters. The van der Waals surface area contributed by atoms with Crippen molar-refractivity contribution < 1.29 is 13.2 Å². The highest BCUT2D eigenvalue weighted by Crippen LogP contribution is 2.12. The van der Waals surface area contributed by atoms with E-state index < -0.39 is 10.0 Å². The molecule has 0 aromatic heterocycles. The summed E-state index contributed by atoms with van der Waals surface area (Å²) in [6.45, 7) is 0.435. The Morgan fingerprint density at radius 1 is 1.19 bits per heavy atom. The summed E-state index contributed by atoms with van der Waals surface area (Å²) in [6, 6.07) is 7.99. The molecule has 1 aromatic rings. The van der Waals surface area contributed by atoms with Gasteiger partial charge in [0.15, 0.2) is 0 Å². The van der Waals surface area contributed by atoms with Crippen LogP contribution in [0.1, 0.15) is 12.8 Å². The highest BCUT2D eigenvalue weighted by molar-refractivity contribution is 7.89. The average molecular weight is 240 g/mol. The van der Waals surface area contributed by atoms with E-state index in [2.05, 4.69) is 4.83 Å². The van der Waals surface area contributed by atoms with Gasteiger partial charge in [0, 0.05) is 13.0 Å². The first-order valence-electron chi connectivity index (χ1n) is 4.97. The quantitative estimate of drug-likeness (QED) is 0.836. The fraction of sp³-hybridized carbons (Fsp3) is 0.300. The molecule has 6 heteroatoms. The summed E-state index contributed by atoms with van der Waals surface area (Å²) in [5.74, 6) is -0.181. The smallest absolute Gasteiger partial charge is 0.257 e. The minimum Gasteiger partial charge on any atom is -0.273 e. The van der Waals surface area contributed by atoms with Crippen molar-refractivity contribution in [2.24, 2.45) is 0 Å². The van der Waals surface area contributed by atoms with E-state index >= 15 is 0 Å². The van der Waals surface area contributed by atoms with Crippen LogP contribution in [-0.2, 0) is 14.8 Å². The first-order chi connectivity index (χ1) is 7.59. The van der Waals surface area contributed by atoms with Crippen molar-refractivity contribution in [1.29, 1.82) is 0 Å². The SMILES string of the molecule is O=C1CCCN1NS(=O)(=O)c1ccccc1. The molecule has 1 heterocycles. The summed E-state index contributed by atoms with van der Waals surface area (Å²) in [6.07, 6.45) is 1.09. The number of nitrogens with one attached hydrogen (secondary N) is 1. The molecule has 1 aliphatic heterocycles. The molecule has 1 aromatic carbocycles. The van der Waals surface area contributed by atoms with E-state index in [0.29, 0.717) is 19.4 Å². The minimum atomic E-state index is -3.62. The Hall–Kier alpha value is -1.40. The molecule has 1 fully saturated rings. The van der Waals surface area contributed by atoms with E-state index in [-0.39, 0.29) is 10.8 Å². The fourth-order valence-electron chi connectivity index (χ4n) is 1.54. The minimum absolute atomic E-state index is 0.162. The first kappa shape index (κ1) is 11.1. The molecule has 16 heavy (non-hydrogen) atoms. The number of hydrazine groups is 1. The third kappa shape index (κ3) is 2.23. The maximum Gasteiger partial charge on any atom is 0.257 e. The second kappa shape index (κ2) is 4.23. The maximum atomic E-state index is 11.8. The van der Waals surface area contributed by atoms with Crippen LogP contribution >= 0.6 is 0 Å². The Kier molecular flexibility index (Phi) is 2.93. The predicted molar refractivity (Wildman–Crippen MR) is 57.7 cm³/mol. The molecule has 1 saturated heterocycles. The number of rotatable bonds is 3. The van der Waals surface area contributed by atoms with Gasteiger partial charge in [-0.3, -0.25) is 9.80 Å². The van der Waals surface area contributed by atoms with Gasteiger partial charge in [0.05, 0.1) is 4.90 Å². The zero-order valence-electron chi connectivity index (χ0n) is 8.59. The number of nitrogens with zero attached hydrogens (tertiary/aromatic N) is 1. The number of sulfonamides is 1. The zero-order chi connectivity index (χ0) is 11.6. The van der Waals surface area contributed by atoms with Crippen molar-refractivity contribution in [3.63, 3.8) is 0 Å². The van der Waals surface area contributed by atoms with Gasteiger partial charge in [-0.25, -0.2) is 8.42 Å². The van der Waals surface area contributed by atoms with Crippen LogP contribution < -0.4 is 4.83 Å². The summed E-state index contributed by atoms with van der Waals surface area (Å²) in [5.41, 5.74) is 0. The highest BCUT2D eigenvalue weighted by Gasteiger charge is 2.25. The van der Waals surface area contributed by atoms with E-state index in [1.807, 2.05) is 0 Å². The standard InChI is InChI=1S/C10H12N2O3S/c13-10-7-4-8-12(10)11-16(14,15)9-5-2-1-3-6-9/h1-3,5-6,11H,4,7-8H2. The molecule has 2 rings (SSSR count). The van der Waals surface area contributed by atoms with E-state index in [1.54, 1.807) is 18.2 Å². The van der Waals surface area contributed by atoms with E-state index in [1.165, 1.54) is 12.1 Å². The number of benzene rings is 1. The molecule has 1 N–H and O–H groups in total. The van der Waals surface area contributed by atoms with Crippen molar-refractivity contribution in [2.45, 2.75) is 17.7 Å². The summed E-state index contributed by atoms with van der Waals surface area (Å²) < 4.78 is 23.7. The summed E-state index contributed by atoms with van der Waals surface area (Å²) in [7, 11) is -3.62. The Balaban J connectivity index is 2.18. The molecule has 1 aliphatic rings. The van der Waals surface area contributed by atoms with Crippen LogP contribution in [0, 0.1) is 0 Å². The molecule has 0 radical (unpaired) electrons. The second-order valence-corrected chi connectivity index (χ2v) is 5.22. The topological polar surface area (TPSA) is 66.5 Å². The lowest BCUT2D eigenvalue weighted by atomic mass is 10.4. The van der Waals surface area contributed by atoms with Crippen molar-refractivity contribution in [1.82, 2.24) is 9.84 Å². The van der Waals surface area contributed by atoms with Crippen molar-refractivity contribution in [3.8, 4) is 0 Å². The van der Waals surface area contributed by atoms with Crippen molar-refractivity contribution in [3.05, 3.63) is 30.3 Å². The van der Waals surface area contributed by atoms with Crippen LogP contribution in [0.5, 0.6) is 0 Å². The van der Waals surface area contributed by atoms with Gasteiger partial charge in [-0.15, -0.1) is 4.83 Å². The number of carbonyl (C=O) groups is 1. The van der Waals surface area contributed by atoms with Gasteiger partial charge in [0.2, 0.25) is 5.91 Å². The molecular weight excluding hydrogens is 228 g/mol. The van der Waals surface area contributed by atoms with Gasteiger partial charge in [-0.2, -0.15) is 0 Å². The van der Waals surface area contributed by atoms with Gasteiger partial charge in [0.1, 0.15) is 0 Å². The van der Waals surface area contributed by atoms with Crippen LogP contribution in [-0.4, -0.2) is 25.9 Å². The van der Waals surface area contributed by atoms with Gasteiger partial charge >= 0.3 is 0 Å². The Morgan fingerprint density at radius 3 is 2.44 bits per heavy atom. The first-order valence-corrected chi connectivity index (χ1v) is 6.46. The molecule has 5 nitrogen and oxygen atoms in total. The maximum absolute atomic E-state index is 11.8. The molecule has 1 amide bonds. The van der Waals surface area contributed by atoms with E-state index in [9.17, 15) is 13.2 Å². The summed E-state index contributed by atoms with van der Waals surface area (Å²) >= 11 is 0. The molecule has 0 saturated carbocycles. The van der Waals surface area contributed by atoms with Crippen LogP contribution in [0.25, 0.3) is 0 Å². The molecule has 0 aliphatic carbocycles. The largest absolute Gasteiger partial charge is 0.273 e.